The number of hydrogen-bond acceptors (Lipinski definition) is 3. The van der Waals surface area contributed by atoms with Crippen molar-refractivity contribution in [2.45, 2.75) is 50.2 Å². The Balaban J connectivity index is 1.95. The molecule has 1 unspecified atom stereocenters. The molecule has 1 aliphatic heterocycles. The summed E-state index contributed by atoms with van der Waals surface area (Å²) in [5.74, 6) is 0.617. The maximum absolute atomic E-state index is 9.04. The van der Waals surface area contributed by atoms with E-state index in [-0.39, 0.29) is 11.6 Å². The second-order valence-corrected chi connectivity index (χ2v) is 8.01. The van der Waals surface area contributed by atoms with Gasteiger partial charge in [0.1, 0.15) is 12.0 Å². The molecule has 1 aliphatic carbocycles. The highest BCUT2D eigenvalue weighted by Crippen LogP contribution is 2.46. The molecule has 0 amide bonds. The van der Waals surface area contributed by atoms with E-state index in [1.807, 2.05) is 50.2 Å². The maximum Gasteiger partial charge on any atom is 0.112 e. The van der Waals surface area contributed by atoms with Crippen molar-refractivity contribution < 1.29 is 0 Å². The number of halogens is 1. The van der Waals surface area contributed by atoms with Crippen LogP contribution in [-0.4, -0.2) is 29.5 Å². The molecule has 4 N–H and O–H groups in total. The van der Waals surface area contributed by atoms with Crippen LogP contribution in [0.2, 0.25) is 5.02 Å². The van der Waals surface area contributed by atoms with E-state index in [4.69, 9.17) is 22.7 Å². The van der Waals surface area contributed by atoms with Gasteiger partial charge in [0.15, 0.2) is 0 Å². The summed E-state index contributed by atoms with van der Waals surface area (Å²) in [6.07, 6.45) is 9.02. The molecule has 4 nitrogen and oxygen atoms in total. The van der Waals surface area contributed by atoms with Gasteiger partial charge in [-0.2, -0.15) is 0 Å². The Kier molecular flexibility index (Phi) is 4.80. The summed E-state index contributed by atoms with van der Waals surface area (Å²) in [7, 11) is 1.92. The lowest BCUT2D eigenvalue weighted by Crippen LogP contribution is -2.58. The van der Waals surface area contributed by atoms with Gasteiger partial charge in [-0.15, -0.1) is 0 Å². The van der Waals surface area contributed by atoms with E-state index in [1.165, 1.54) is 5.56 Å². The van der Waals surface area contributed by atoms with Crippen molar-refractivity contribution in [2.24, 2.45) is 5.73 Å². The molecule has 1 heterocycles. The van der Waals surface area contributed by atoms with Gasteiger partial charge in [-0.25, -0.2) is 0 Å². The molecule has 5 heteroatoms. The highest BCUT2D eigenvalue weighted by atomic mass is 35.5. The van der Waals surface area contributed by atoms with Crippen LogP contribution in [-0.2, 0) is 5.41 Å². The van der Waals surface area contributed by atoms with E-state index in [2.05, 4.69) is 23.5 Å². The van der Waals surface area contributed by atoms with Crippen LogP contribution >= 0.6 is 11.6 Å². The number of nitrogens with one attached hydrogen (secondary N) is 2. The number of hydrogen-bond donors (Lipinski definition) is 3. The zero-order chi connectivity index (χ0) is 18.2. The van der Waals surface area contributed by atoms with E-state index < -0.39 is 5.54 Å². The van der Waals surface area contributed by atoms with Crippen molar-refractivity contribution in [1.29, 1.82) is 5.41 Å². The monoisotopic (exact) mass is 358 g/mol. The van der Waals surface area contributed by atoms with Crippen molar-refractivity contribution in [3.63, 3.8) is 0 Å². The van der Waals surface area contributed by atoms with Gasteiger partial charge in [0.05, 0.1) is 5.41 Å². The van der Waals surface area contributed by atoms with Crippen molar-refractivity contribution >= 4 is 17.4 Å². The summed E-state index contributed by atoms with van der Waals surface area (Å²) in [4.78, 5) is 2.03. The molecule has 0 saturated heterocycles. The minimum atomic E-state index is -0.454. The Morgan fingerprint density at radius 3 is 2.44 bits per heavy atom. The average molecular weight is 359 g/mol. The highest BCUT2D eigenvalue weighted by molar-refractivity contribution is 6.30. The Bertz CT molecular complexity index is 708. The summed E-state index contributed by atoms with van der Waals surface area (Å²) in [6.45, 7) is 4.00. The lowest BCUT2D eigenvalue weighted by Gasteiger charge is -2.49. The molecule has 1 atom stereocenters. The van der Waals surface area contributed by atoms with Gasteiger partial charge >= 0.3 is 0 Å². The third kappa shape index (κ3) is 3.14. The fourth-order valence-electron chi connectivity index (χ4n) is 3.84. The Labute approximate surface area is 155 Å². The van der Waals surface area contributed by atoms with Gasteiger partial charge < -0.3 is 10.6 Å². The molecular weight excluding hydrogens is 332 g/mol. The number of rotatable bonds is 4. The molecule has 1 aromatic rings. The molecule has 1 aromatic carbocycles. The Morgan fingerprint density at radius 1 is 1.32 bits per heavy atom. The second kappa shape index (κ2) is 6.60. The maximum atomic E-state index is 9.04. The molecule has 1 saturated carbocycles. The molecule has 0 radical (unpaired) electrons. The molecule has 0 spiro atoms. The first-order chi connectivity index (χ1) is 11.8. The third-order valence-corrected chi connectivity index (χ3v) is 5.68. The van der Waals surface area contributed by atoms with Crippen LogP contribution in [0.15, 0.2) is 48.2 Å². The number of allylic oxidation sites excluding steroid dienone is 2. The van der Waals surface area contributed by atoms with E-state index in [0.29, 0.717) is 5.84 Å². The number of nitrogens with zero attached hydrogens (tertiary/aromatic N) is 1. The predicted molar refractivity (Wildman–Crippen MR) is 105 cm³/mol. The lowest BCUT2D eigenvalue weighted by molar-refractivity contribution is 0.274. The second-order valence-electron chi connectivity index (χ2n) is 7.57. The van der Waals surface area contributed by atoms with Crippen LogP contribution in [0.1, 0.15) is 38.7 Å². The summed E-state index contributed by atoms with van der Waals surface area (Å²) >= 11 is 6.06. The summed E-state index contributed by atoms with van der Waals surface area (Å²) in [6, 6.07) is 7.95. The Hall–Kier alpha value is -1.62. The minimum absolute atomic E-state index is 0.109. The predicted octanol–water partition coefficient (Wildman–Crippen LogP) is 3.78. The molecule has 25 heavy (non-hydrogen) atoms. The summed E-state index contributed by atoms with van der Waals surface area (Å²) in [5.41, 5.74) is 7.91. The van der Waals surface area contributed by atoms with Gasteiger partial charge in [-0.05, 0) is 63.1 Å². The molecule has 2 aliphatic rings. The molecule has 0 bridgehead atoms. The fourth-order valence-corrected chi connectivity index (χ4v) is 3.97. The standard InChI is InChI=1S/C20H27ClN4/c1-19(2,23)16-6-4-13-25(17(16)24-3)18(22)20(11-5-12-20)14-7-9-15(21)10-8-14/h4,6-10,13,17,22,24H,5,11-12,23H2,1-3H3. The third-order valence-electron chi connectivity index (χ3n) is 5.43. The van der Waals surface area contributed by atoms with Crippen LogP contribution in [0.5, 0.6) is 0 Å². The number of likely N-dealkylation sites (N-methyl/N-ethyl adjacent to an activating group) is 1. The minimum Gasteiger partial charge on any atom is -0.322 e. The molecule has 3 rings (SSSR count). The number of nitrogens with two attached hydrogens (primary N) is 1. The molecular formula is C20H27ClN4. The molecule has 0 aromatic heterocycles. The smallest absolute Gasteiger partial charge is 0.112 e. The first-order valence-corrected chi connectivity index (χ1v) is 9.16. The van der Waals surface area contributed by atoms with Gasteiger partial charge in [0, 0.05) is 16.8 Å². The number of benzene rings is 1. The summed E-state index contributed by atoms with van der Waals surface area (Å²) in [5, 5.41) is 13.1. The van der Waals surface area contributed by atoms with Gasteiger partial charge in [0.2, 0.25) is 0 Å². The van der Waals surface area contributed by atoms with E-state index in [9.17, 15) is 0 Å². The fraction of sp³-hybridized carbons (Fsp3) is 0.450. The first kappa shape index (κ1) is 18.2. The van der Waals surface area contributed by atoms with Crippen molar-refractivity contribution in [1.82, 2.24) is 10.2 Å². The van der Waals surface area contributed by atoms with Crippen LogP contribution in [0, 0.1) is 5.41 Å². The van der Waals surface area contributed by atoms with Gasteiger partial charge in [-0.1, -0.05) is 36.2 Å². The zero-order valence-electron chi connectivity index (χ0n) is 15.1. The topological polar surface area (TPSA) is 65.1 Å². The van der Waals surface area contributed by atoms with Gasteiger partial charge in [-0.3, -0.25) is 10.7 Å². The SMILES string of the molecule is CNC1C(C(C)(C)N)=CC=CN1C(=N)C1(c2ccc(Cl)cc2)CCC1. The van der Waals surface area contributed by atoms with Crippen LogP contribution in [0.3, 0.4) is 0 Å². The van der Waals surface area contributed by atoms with E-state index >= 15 is 0 Å². The summed E-state index contributed by atoms with van der Waals surface area (Å²) < 4.78 is 0. The van der Waals surface area contributed by atoms with Crippen molar-refractivity contribution in [2.75, 3.05) is 7.05 Å². The lowest BCUT2D eigenvalue weighted by atomic mass is 9.63. The molecule has 134 valence electrons. The van der Waals surface area contributed by atoms with Gasteiger partial charge in [0.25, 0.3) is 0 Å². The molecule has 1 fully saturated rings. The van der Waals surface area contributed by atoms with Crippen LogP contribution < -0.4 is 11.1 Å². The highest BCUT2D eigenvalue weighted by Gasteiger charge is 2.46. The average Bonchev–Trinajstić information content (AvgIpc) is 2.53. The zero-order valence-corrected chi connectivity index (χ0v) is 15.9. The van der Waals surface area contributed by atoms with Crippen LogP contribution in [0.25, 0.3) is 0 Å². The van der Waals surface area contributed by atoms with Crippen LogP contribution in [0.4, 0.5) is 0 Å². The Morgan fingerprint density at radius 2 is 1.96 bits per heavy atom. The van der Waals surface area contributed by atoms with Crippen molar-refractivity contribution in [3.8, 4) is 0 Å². The quantitative estimate of drug-likeness (QED) is 0.567. The van der Waals surface area contributed by atoms with E-state index in [1.54, 1.807) is 0 Å². The largest absolute Gasteiger partial charge is 0.322 e. The van der Waals surface area contributed by atoms with E-state index in [0.717, 1.165) is 29.9 Å². The van der Waals surface area contributed by atoms with Crippen molar-refractivity contribution in [3.05, 3.63) is 58.8 Å². The number of amidine groups is 1. The first-order valence-electron chi connectivity index (χ1n) is 8.78. The normalized spacial score (nSPS) is 22.4.